The molecule has 0 spiro atoms. The van der Waals surface area contributed by atoms with Crippen molar-refractivity contribution < 1.29 is 4.79 Å². The van der Waals surface area contributed by atoms with Crippen LogP contribution in [0.1, 0.15) is 71.1 Å². The van der Waals surface area contributed by atoms with Gasteiger partial charge in [0.15, 0.2) is 0 Å². The predicted octanol–water partition coefficient (Wildman–Crippen LogP) is 8.71. The number of halogens is 3. The van der Waals surface area contributed by atoms with Crippen LogP contribution in [0.5, 0.6) is 0 Å². The van der Waals surface area contributed by atoms with E-state index in [1.165, 1.54) is 23.3 Å². The van der Waals surface area contributed by atoms with E-state index in [2.05, 4.69) is 54.5 Å². The molecule has 5 rings (SSSR count). The molecule has 2 aliphatic rings. The molecular formula is C31H35Cl3N2OS. The van der Waals surface area contributed by atoms with Crippen molar-refractivity contribution in [3.8, 4) is 0 Å². The van der Waals surface area contributed by atoms with Crippen LogP contribution < -0.4 is 0 Å². The van der Waals surface area contributed by atoms with Crippen LogP contribution in [-0.2, 0) is 0 Å². The lowest BCUT2D eigenvalue weighted by Gasteiger charge is -2.36. The lowest BCUT2D eigenvalue weighted by Crippen LogP contribution is -2.36. The Bertz CT molecular complexity index is 1260. The van der Waals surface area contributed by atoms with Crippen LogP contribution in [0.2, 0.25) is 10.0 Å². The number of benzene rings is 3. The fourth-order valence-corrected chi connectivity index (χ4v) is 7.21. The molecule has 3 aromatic carbocycles. The van der Waals surface area contributed by atoms with Gasteiger partial charge in [-0.3, -0.25) is 4.79 Å². The number of thioether (sulfide) groups is 1. The number of likely N-dealkylation sites (tertiary alicyclic amines) is 1. The maximum atomic E-state index is 13.3. The van der Waals surface area contributed by atoms with E-state index in [0.29, 0.717) is 22.5 Å². The van der Waals surface area contributed by atoms with Gasteiger partial charge in [0, 0.05) is 22.9 Å². The number of nitrogens with zero attached hydrogens (tertiary/aromatic N) is 2. The third kappa shape index (κ3) is 5.90. The lowest BCUT2D eigenvalue weighted by atomic mass is 9.83. The molecule has 38 heavy (non-hydrogen) atoms. The quantitative estimate of drug-likeness (QED) is 0.246. The first-order chi connectivity index (χ1) is 18.0. The number of amides is 1. The summed E-state index contributed by atoms with van der Waals surface area (Å²) in [6, 6.07) is 22.9. The highest BCUT2D eigenvalue weighted by Crippen LogP contribution is 2.46. The Morgan fingerprint density at radius 2 is 1.63 bits per heavy atom. The third-order valence-electron chi connectivity index (χ3n) is 8.12. The monoisotopic (exact) mass is 588 g/mol. The van der Waals surface area contributed by atoms with E-state index in [4.69, 9.17) is 23.2 Å². The zero-order valence-corrected chi connectivity index (χ0v) is 25.1. The largest absolute Gasteiger partial charge is 0.331 e. The van der Waals surface area contributed by atoms with Crippen molar-refractivity contribution in [3.63, 3.8) is 0 Å². The van der Waals surface area contributed by atoms with Gasteiger partial charge in [-0.1, -0.05) is 65.7 Å². The zero-order chi connectivity index (χ0) is 25.9. The summed E-state index contributed by atoms with van der Waals surface area (Å²) in [6.07, 6.45) is 5.48. The van der Waals surface area contributed by atoms with E-state index in [1.807, 2.05) is 47.0 Å². The molecule has 1 amide bonds. The van der Waals surface area contributed by atoms with Crippen molar-refractivity contribution in [2.45, 2.75) is 49.0 Å². The molecule has 1 fully saturated rings. The average molecular weight is 590 g/mol. The second-order valence-electron chi connectivity index (χ2n) is 10.0. The molecule has 3 aromatic rings. The van der Waals surface area contributed by atoms with Gasteiger partial charge in [-0.25, -0.2) is 0 Å². The Morgan fingerprint density at radius 1 is 0.947 bits per heavy atom. The smallest absolute Gasteiger partial charge is 0.254 e. The van der Waals surface area contributed by atoms with Crippen molar-refractivity contribution >= 4 is 53.3 Å². The average Bonchev–Trinajstić information content (AvgIpc) is 3.22. The fourth-order valence-electron chi connectivity index (χ4n) is 6.22. The van der Waals surface area contributed by atoms with Crippen LogP contribution >= 0.6 is 47.4 Å². The van der Waals surface area contributed by atoms with Gasteiger partial charge in [0.05, 0.1) is 16.1 Å². The number of piperidine rings is 1. The number of fused-ring (bicyclic) bond motifs is 1. The normalized spacial score (nSPS) is 18.8. The topological polar surface area (TPSA) is 23.6 Å². The molecule has 2 atom stereocenters. The molecule has 0 radical (unpaired) electrons. The summed E-state index contributed by atoms with van der Waals surface area (Å²) in [5.41, 5.74) is 4.60. The molecule has 2 heterocycles. The second kappa shape index (κ2) is 13.1. The Morgan fingerprint density at radius 3 is 2.32 bits per heavy atom. The SMILES string of the molecule is CCN1C(=O)c2ccccc2C1C(CCN1CCC(c2ccccc2SC)CC1)c1ccc(Cl)c(Cl)c1.Cl. The van der Waals surface area contributed by atoms with Crippen LogP contribution in [0.15, 0.2) is 71.6 Å². The van der Waals surface area contributed by atoms with E-state index < -0.39 is 0 Å². The number of likely N-dealkylation sites (N-methyl/N-ethyl adjacent to an activating group) is 1. The van der Waals surface area contributed by atoms with Crippen molar-refractivity contribution in [1.29, 1.82) is 0 Å². The number of carbonyl (C=O) groups excluding carboxylic acids is 1. The Kier molecular flexibility index (Phi) is 10.1. The van der Waals surface area contributed by atoms with Crippen LogP contribution in [0.25, 0.3) is 0 Å². The second-order valence-corrected chi connectivity index (χ2v) is 11.7. The third-order valence-corrected chi connectivity index (χ3v) is 9.67. The maximum absolute atomic E-state index is 13.3. The summed E-state index contributed by atoms with van der Waals surface area (Å²) in [5, 5.41) is 1.13. The van der Waals surface area contributed by atoms with Crippen molar-refractivity contribution in [1.82, 2.24) is 9.80 Å². The summed E-state index contributed by atoms with van der Waals surface area (Å²) in [5.74, 6) is 0.888. The minimum Gasteiger partial charge on any atom is -0.331 e. The molecule has 202 valence electrons. The van der Waals surface area contributed by atoms with E-state index in [-0.39, 0.29) is 30.3 Å². The number of hydrogen-bond donors (Lipinski definition) is 0. The number of carbonyl (C=O) groups is 1. The van der Waals surface area contributed by atoms with Crippen LogP contribution in [-0.4, -0.2) is 48.1 Å². The fraction of sp³-hybridized carbons (Fsp3) is 0.387. The van der Waals surface area contributed by atoms with Gasteiger partial charge in [0.25, 0.3) is 5.91 Å². The summed E-state index contributed by atoms with van der Waals surface area (Å²) < 4.78 is 0. The molecule has 0 saturated carbocycles. The molecule has 0 bridgehead atoms. The van der Waals surface area contributed by atoms with Crippen molar-refractivity contribution in [3.05, 3.63) is 99.0 Å². The molecule has 0 N–H and O–H groups in total. The summed E-state index contributed by atoms with van der Waals surface area (Å²) in [6.45, 7) is 5.93. The van der Waals surface area contributed by atoms with Gasteiger partial charge < -0.3 is 9.80 Å². The van der Waals surface area contributed by atoms with Gasteiger partial charge in [-0.15, -0.1) is 24.2 Å². The van der Waals surface area contributed by atoms with E-state index in [9.17, 15) is 4.79 Å². The summed E-state index contributed by atoms with van der Waals surface area (Å²) >= 11 is 14.6. The Balaban J connectivity index is 0.00000336. The highest BCUT2D eigenvalue weighted by Gasteiger charge is 2.41. The standard InChI is InChI=1S/C31H34Cl2N2OS.ClH/c1-3-35-30(25-9-4-5-10-26(25)31(35)36)24(22-12-13-27(32)28(33)20-22)16-19-34-17-14-21(15-18-34)23-8-6-7-11-29(23)37-2;/h4-13,20-21,24,30H,3,14-19H2,1-2H3;1H. The first-order valence-corrected chi connectivity index (χ1v) is 15.2. The van der Waals surface area contributed by atoms with Gasteiger partial charge in [0.1, 0.15) is 0 Å². The first-order valence-electron chi connectivity index (χ1n) is 13.2. The van der Waals surface area contributed by atoms with Gasteiger partial charge in [-0.2, -0.15) is 0 Å². The summed E-state index contributed by atoms with van der Waals surface area (Å²) in [7, 11) is 0. The van der Waals surface area contributed by atoms with Crippen molar-refractivity contribution in [2.24, 2.45) is 0 Å². The molecule has 1 saturated heterocycles. The highest BCUT2D eigenvalue weighted by atomic mass is 35.5. The molecular weight excluding hydrogens is 555 g/mol. The number of hydrogen-bond acceptors (Lipinski definition) is 3. The van der Waals surface area contributed by atoms with Crippen molar-refractivity contribution in [2.75, 3.05) is 32.4 Å². The predicted molar refractivity (Wildman–Crippen MR) is 164 cm³/mol. The van der Waals surface area contributed by atoms with Crippen LogP contribution in [0.3, 0.4) is 0 Å². The van der Waals surface area contributed by atoms with Gasteiger partial charge in [0.2, 0.25) is 0 Å². The van der Waals surface area contributed by atoms with Crippen LogP contribution in [0, 0.1) is 0 Å². The molecule has 7 heteroatoms. The maximum Gasteiger partial charge on any atom is 0.254 e. The van der Waals surface area contributed by atoms with E-state index in [1.54, 1.807) is 0 Å². The van der Waals surface area contributed by atoms with E-state index >= 15 is 0 Å². The van der Waals surface area contributed by atoms with E-state index in [0.717, 1.165) is 42.7 Å². The van der Waals surface area contributed by atoms with Gasteiger partial charge >= 0.3 is 0 Å². The minimum atomic E-state index is -0.00284. The highest BCUT2D eigenvalue weighted by molar-refractivity contribution is 7.98. The van der Waals surface area contributed by atoms with Crippen LogP contribution in [0.4, 0.5) is 0 Å². The zero-order valence-electron chi connectivity index (χ0n) is 21.9. The molecule has 2 aliphatic heterocycles. The first kappa shape index (κ1) is 29.3. The summed E-state index contributed by atoms with van der Waals surface area (Å²) in [4.78, 5) is 19.3. The molecule has 0 aliphatic carbocycles. The Hall–Kier alpha value is -1.69. The Labute approximate surface area is 247 Å². The molecule has 2 unspecified atom stereocenters. The van der Waals surface area contributed by atoms with Gasteiger partial charge in [-0.05, 0) is 98.9 Å². The number of rotatable bonds is 8. The lowest BCUT2D eigenvalue weighted by molar-refractivity contribution is 0.0703. The molecule has 0 aromatic heterocycles. The minimum absolute atomic E-state index is 0. The molecule has 3 nitrogen and oxygen atoms in total.